The van der Waals surface area contributed by atoms with Gasteiger partial charge in [-0.2, -0.15) is 0 Å². The minimum absolute atomic E-state index is 0.000498. The van der Waals surface area contributed by atoms with Gasteiger partial charge in [-0.15, -0.1) is 0 Å². The predicted molar refractivity (Wildman–Crippen MR) is 553 cm³/mol. The normalized spacial score (nSPS) is 45.0. The van der Waals surface area contributed by atoms with Crippen LogP contribution >= 0.6 is 0 Å². The standard InChI is InChI=1S/C36H68N6O5.C29H48N2O6.C25H44N2O4.C24H40O5/c1-23(8-11-32(46)41-22-42-34(47)29(40-18-6-15-38)7-4-16-39-17-5-14-37)26-9-10-27-33-28(21-31(45)36(26,27)3)35(2)13-12-25(43)19-24(35)20-30(33)44;1-16(5-8-25(36)30-15-31-26(37)11-17(2)32)20-6-7-21-27-22(14-24(35)29(20,21)4)28(3)10-9-19(33)12-18(28)13-23(27)34;1-14(4-7-22(31)27-13-26)17-5-6-18-23-19(12-21(30)25(17,18)3)24(2)9-8-16(28)10-15(24)11-20(23)29;1-13(4-7-21(28)29)16-5-6-17-22-18(12-20(27)24(16,17)3)23(2)9-8-15(25)10-14(23)11-19(22)26/h23-31,33,39-40,43-45H,4-22,37-38H2,1-3H3,(H,41,46)(H,42,47);16,18-24,27,33-35H,5-15H2,1-4H3,(H,30,36)(H,31,37);14-21,23,28-30H,4-13,26H2,1-3H3,(H,27,31);13-20,22,25-27H,4-12H2,1-3H3,(H,28,29)/t23?,24?,25-,26?,27?,28?,29?,30-,31+,33?,35+,36-;16?,18?,19-,20?,21?,22?,23-,24+,27?,28+,29-;14?,15?,16-,17?,18?,19?,20-,21+,23?,24+,25-;13?,14?,15-,16?,17?,18?,19-,20+,22?,23+,24-/m1111/s1. The van der Waals surface area contributed by atoms with Gasteiger partial charge < -0.3 is 121 Å². The number of aliphatic carboxylic acids is 1. The molecule has 16 aliphatic rings. The van der Waals surface area contributed by atoms with Crippen molar-refractivity contribution in [1.29, 1.82) is 0 Å². The number of fused-ring (bicyclic) bond motifs is 20. The van der Waals surface area contributed by atoms with Gasteiger partial charge in [0.1, 0.15) is 5.78 Å². The van der Waals surface area contributed by atoms with Crippen molar-refractivity contribution >= 4 is 41.3 Å². The molecule has 45 atom stereocenters. The Bertz CT molecular complexity index is 4220. The van der Waals surface area contributed by atoms with E-state index >= 15 is 0 Å². The number of carbonyl (C=O) groups is 7. The molecular formula is C114H200N10O20. The maximum Gasteiger partial charge on any atom is 0.303 e. The van der Waals surface area contributed by atoms with Crippen molar-refractivity contribution in [1.82, 2.24) is 37.2 Å². The summed E-state index contributed by atoms with van der Waals surface area (Å²) in [6.07, 6.45) is 27.7. The fourth-order valence-corrected chi connectivity index (χ4v) is 37.5. The minimum atomic E-state index is -0.748. The van der Waals surface area contributed by atoms with E-state index in [4.69, 9.17) is 22.3 Å². The molecule has 25 unspecified atom stereocenters. The van der Waals surface area contributed by atoms with Gasteiger partial charge in [-0.25, -0.2) is 0 Å². The van der Waals surface area contributed by atoms with E-state index < -0.39 is 30.2 Å². The van der Waals surface area contributed by atoms with Crippen molar-refractivity contribution in [2.24, 2.45) is 203 Å². The first-order valence-electron chi connectivity index (χ1n) is 57.8. The van der Waals surface area contributed by atoms with E-state index in [1.54, 1.807) is 0 Å². The smallest absolute Gasteiger partial charge is 0.303 e. The zero-order valence-electron chi connectivity index (χ0n) is 90.4. The monoisotopic (exact) mass is 2030 g/mol. The highest BCUT2D eigenvalue weighted by Crippen LogP contribution is 2.74. The average Bonchev–Trinajstić information content (AvgIpc) is 1.34. The third-order valence-electron chi connectivity index (χ3n) is 45.7. The molecule has 0 aromatic carbocycles. The van der Waals surface area contributed by atoms with Crippen LogP contribution in [0.5, 0.6) is 0 Å². The Balaban J connectivity index is 0.000000164. The molecule has 16 rings (SSSR count). The summed E-state index contributed by atoms with van der Waals surface area (Å²) < 4.78 is 0. The fourth-order valence-electron chi connectivity index (χ4n) is 37.5. The second kappa shape index (κ2) is 49.1. The molecule has 0 aromatic heterocycles. The van der Waals surface area contributed by atoms with Gasteiger partial charge in [-0.05, 0) is 456 Å². The molecule has 0 aromatic rings. The summed E-state index contributed by atoms with van der Waals surface area (Å²) >= 11 is 0. The summed E-state index contributed by atoms with van der Waals surface area (Å²) in [4.78, 5) is 83.7. The summed E-state index contributed by atoms with van der Waals surface area (Å²) in [5, 5.41) is 163. The van der Waals surface area contributed by atoms with Crippen LogP contribution in [0.3, 0.4) is 0 Å². The molecule has 0 radical (unpaired) electrons. The molecule has 5 amide bonds. The van der Waals surface area contributed by atoms with Gasteiger partial charge in [0.05, 0.1) is 106 Å². The van der Waals surface area contributed by atoms with Gasteiger partial charge >= 0.3 is 5.97 Å². The lowest BCUT2D eigenvalue weighted by Crippen LogP contribution is -2.62. The molecule has 26 N–H and O–H groups in total. The summed E-state index contributed by atoms with van der Waals surface area (Å²) in [6.45, 7) is 32.4. The number of nitrogens with one attached hydrogen (secondary N) is 7. The molecule has 30 heteroatoms. The van der Waals surface area contributed by atoms with Crippen LogP contribution in [-0.2, 0) is 33.6 Å². The van der Waals surface area contributed by atoms with Crippen LogP contribution in [0, 0.1) is 185 Å². The predicted octanol–water partition coefficient (Wildman–Crippen LogP) is 9.96. The van der Waals surface area contributed by atoms with Crippen LogP contribution in [-0.4, -0.2) is 240 Å². The molecule has 144 heavy (non-hydrogen) atoms. The van der Waals surface area contributed by atoms with E-state index in [-0.39, 0.29) is 243 Å². The number of hydrogen-bond donors (Lipinski definition) is 23. The molecule has 0 bridgehead atoms. The van der Waals surface area contributed by atoms with E-state index in [9.17, 15) is 94.8 Å². The maximum absolute atomic E-state index is 12.9. The number of ketones is 1. The molecule has 0 aliphatic heterocycles. The molecule has 0 heterocycles. The molecule has 826 valence electrons. The molecule has 0 spiro atoms. The highest BCUT2D eigenvalue weighted by molar-refractivity contribution is 5.96. The summed E-state index contributed by atoms with van der Waals surface area (Å²) in [6, 6.07) is -0.340. The zero-order valence-corrected chi connectivity index (χ0v) is 90.4. The van der Waals surface area contributed by atoms with Crippen molar-refractivity contribution in [2.75, 3.05) is 52.7 Å². The first-order valence-corrected chi connectivity index (χ1v) is 57.8. The Labute approximate surface area is 861 Å². The summed E-state index contributed by atoms with van der Waals surface area (Å²) in [7, 11) is 0. The lowest BCUT2D eigenvalue weighted by molar-refractivity contribution is -0.207. The zero-order chi connectivity index (χ0) is 105. The quantitative estimate of drug-likeness (QED) is 0.0159. The molecule has 16 saturated carbocycles. The van der Waals surface area contributed by atoms with E-state index in [0.717, 1.165) is 206 Å². The highest BCUT2D eigenvalue weighted by atomic mass is 16.4. The van der Waals surface area contributed by atoms with Crippen molar-refractivity contribution in [3.8, 4) is 0 Å². The Morgan fingerprint density at radius 1 is 0.326 bits per heavy atom. The van der Waals surface area contributed by atoms with Crippen LogP contribution in [0.2, 0.25) is 0 Å². The number of amides is 5. The third kappa shape index (κ3) is 24.0. The first-order chi connectivity index (χ1) is 68.0. The van der Waals surface area contributed by atoms with Crippen LogP contribution in [0.25, 0.3) is 0 Å². The Hall–Kier alpha value is -4.19. The van der Waals surface area contributed by atoms with E-state index in [0.29, 0.717) is 143 Å². The number of nitrogens with two attached hydrogens (primary N) is 3. The Morgan fingerprint density at radius 2 is 0.611 bits per heavy atom. The number of rotatable bonds is 35. The second-order valence-electron chi connectivity index (χ2n) is 52.6. The van der Waals surface area contributed by atoms with Crippen molar-refractivity contribution in [3.05, 3.63) is 0 Å². The lowest BCUT2D eigenvalue weighted by atomic mass is 9.43. The maximum atomic E-state index is 12.9. The molecule has 16 fully saturated rings. The number of carboxylic acids is 1. The minimum Gasteiger partial charge on any atom is -0.481 e. The molecule has 30 nitrogen and oxygen atoms in total. The average molecular weight is 2030 g/mol. The Kier molecular flexibility index (Phi) is 39.8. The van der Waals surface area contributed by atoms with Gasteiger partial charge in [-0.3, -0.25) is 33.6 Å². The molecule has 16 aliphatic carbocycles. The van der Waals surface area contributed by atoms with Crippen LogP contribution < -0.4 is 54.4 Å². The second-order valence-corrected chi connectivity index (χ2v) is 52.6. The van der Waals surface area contributed by atoms with E-state index in [2.05, 4.69) is 120 Å². The number of carbonyl (C=O) groups excluding carboxylic acids is 6. The number of Topliss-reactive ketones (excluding diaryl/α,β-unsaturated/α-hetero) is 1. The largest absolute Gasteiger partial charge is 0.481 e. The SMILES string of the molecule is CC(=O)CC(=O)NCNC(=O)CCC(C)C1CCC2C3C(C[C@H](O)[C@]12C)[C@@]1(C)CC[C@@H](O)CC1C[C@H]3O.CC(CCC(=O)NCN)C1CCC2C3C(C[C@H](O)[C@]12C)[C@@]1(C)CC[C@@H](O)CC1C[C@H]3O.CC(CCC(=O)NCNC(=O)C(CCCNCCCN)NCCCN)C1CCC2C3C(C[C@H](O)[C@]12C)[C@@]1(C)CC[C@@H](O)CC1C[C@H]3O.CC(CCC(=O)O)C1CCC2C3C(C[C@H](O)[C@]12C)[C@@]1(C)CC[C@@H](O)CC1C[C@H]3O. The van der Waals surface area contributed by atoms with Gasteiger partial charge in [0.2, 0.25) is 29.5 Å². The van der Waals surface area contributed by atoms with E-state index in [1.165, 1.54) is 6.92 Å². The van der Waals surface area contributed by atoms with Gasteiger partial charge in [0, 0.05) is 25.7 Å². The fraction of sp³-hybridized carbons (Fsp3) is 0.939. The van der Waals surface area contributed by atoms with Crippen LogP contribution in [0.1, 0.15) is 353 Å². The molecule has 0 saturated heterocycles. The first kappa shape index (κ1) is 117. The van der Waals surface area contributed by atoms with Crippen molar-refractivity contribution in [2.45, 2.75) is 433 Å². The topological polar surface area (TPSA) is 545 Å². The lowest BCUT2D eigenvalue weighted by Gasteiger charge is -2.63. The van der Waals surface area contributed by atoms with E-state index in [1.807, 2.05) is 0 Å². The number of aliphatic hydroxyl groups excluding tert-OH is 12. The van der Waals surface area contributed by atoms with Crippen LogP contribution in [0.15, 0.2) is 0 Å². The number of hydrogen-bond acceptors (Lipinski definition) is 24. The summed E-state index contributed by atoms with van der Waals surface area (Å²) in [5.74, 6) is 5.12. The summed E-state index contributed by atoms with van der Waals surface area (Å²) in [5.41, 5.74) is 15.9. The highest BCUT2D eigenvalue weighted by Gasteiger charge is 2.72. The molecular weight excluding hydrogens is 1830 g/mol. The van der Waals surface area contributed by atoms with Crippen molar-refractivity contribution in [3.63, 3.8) is 0 Å². The van der Waals surface area contributed by atoms with Gasteiger partial charge in [-0.1, -0.05) is 83.1 Å². The number of carboxylic acid groups (broad SMARTS) is 1. The van der Waals surface area contributed by atoms with Gasteiger partial charge in [0.25, 0.3) is 0 Å². The van der Waals surface area contributed by atoms with Gasteiger partial charge in [0.15, 0.2) is 0 Å². The Morgan fingerprint density at radius 3 is 0.910 bits per heavy atom. The number of aliphatic hydroxyl groups is 12. The third-order valence-corrected chi connectivity index (χ3v) is 45.7. The van der Waals surface area contributed by atoms with Crippen LogP contribution in [0.4, 0.5) is 0 Å². The van der Waals surface area contributed by atoms with Crippen molar-refractivity contribution < 1.29 is 99.9 Å².